The molecule has 3 heterocycles. The van der Waals surface area contributed by atoms with Crippen LogP contribution in [0.1, 0.15) is 63.8 Å². The van der Waals surface area contributed by atoms with E-state index in [1.807, 2.05) is 13.8 Å². The first-order valence-corrected chi connectivity index (χ1v) is 11.9. The summed E-state index contributed by atoms with van der Waals surface area (Å²) in [5.74, 6) is 1.46. The number of nitrogens with zero attached hydrogens (tertiary/aromatic N) is 5. The van der Waals surface area contributed by atoms with Crippen molar-refractivity contribution in [2.75, 3.05) is 46.0 Å². The van der Waals surface area contributed by atoms with E-state index in [0.29, 0.717) is 24.9 Å². The molecule has 29 heavy (non-hydrogen) atoms. The Balaban J connectivity index is 1.80. The third-order valence-corrected chi connectivity index (χ3v) is 8.10. The van der Waals surface area contributed by atoms with Crippen molar-refractivity contribution in [2.45, 2.75) is 52.0 Å². The van der Waals surface area contributed by atoms with Crippen LogP contribution in [0.5, 0.6) is 0 Å². The van der Waals surface area contributed by atoms with Crippen molar-refractivity contribution < 1.29 is 17.6 Å². The summed E-state index contributed by atoms with van der Waals surface area (Å²) in [6.45, 7) is 7.77. The van der Waals surface area contributed by atoms with Crippen LogP contribution in [0.4, 0.5) is 0 Å². The minimum absolute atomic E-state index is 0.0293. The molecule has 0 saturated carbocycles. The highest BCUT2D eigenvalue weighted by molar-refractivity contribution is 7.89. The number of piperidine rings is 1. The van der Waals surface area contributed by atoms with E-state index in [1.54, 1.807) is 30.2 Å². The van der Waals surface area contributed by atoms with Gasteiger partial charge >= 0.3 is 0 Å². The molecule has 1 aromatic heterocycles. The Hall–Kier alpha value is -1.52. The third-order valence-electron chi connectivity index (χ3n) is 6.22. The van der Waals surface area contributed by atoms with Gasteiger partial charge in [0.2, 0.25) is 27.7 Å². The lowest BCUT2D eigenvalue weighted by Gasteiger charge is -2.38. The fourth-order valence-electron chi connectivity index (χ4n) is 4.27. The molecule has 2 aliphatic rings. The first-order chi connectivity index (χ1) is 13.6. The second-order valence-corrected chi connectivity index (χ2v) is 11.1. The lowest BCUT2D eigenvalue weighted by molar-refractivity contribution is -0.130. The van der Waals surface area contributed by atoms with E-state index in [1.165, 1.54) is 0 Å². The van der Waals surface area contributed by atoms with Crippen LogP contribution in [0.2, 0.25) is 0 Å². The standard InChI is InChI=1S/C19H33N5O4S/c1-6-29(26,27)24-9-7-19(8-10-24)11-15(18-21-20-17(28-18)14(2)3)23(13-19)12-16(25)22(4)5/h14-15H,6-13H2,1-5H3. The average Bonchev–Trinajstić information content (AvgIpc) is 3.27. The van der Waals surface area contributed by atoms with Gasteiger partial charge in [-0.15, -0.1) is 10.2 Å². The van der Waals surface area contributed by atoms with Crippen LogP contribution in [0.3, 0.4) is 0 Å². The quantitative estimate of drug-likeness (QED) is 0.677. The minimum atomic E-state index is -3.17. The maximum atomic E-state index is 12.4. The van der Waals surface area contributed by atoms with E-state index in [2.05, 4.69) is 15.1 Å². The minimum Gasteiger partial charge on any atom is -0.423 e. The summed E-state index contributed by atoms with van der Waals surface area (Å²) in [6.07, 6.45) is 2.36. The molecule has 0 N–H and O–H groups in total. The van der Waals surface area contributed by atoms with Crippen LogP contribution < -0.4 is 0 Å². The van der Waals surface area contributed by atoms with Crippen LogP contribution in [0.25, 0.3) is 0 Å². The van der Waals surface area contributed by atoms with Crippen molar-refractivity contribution in [1.82, 2.24) is 24.3 Å². The van der Waals surface area contributed by atoms with Crippen LogP contribution in [0.15, 0.2) is 4.42 Å². The van der Waals surface area contributed by atoms with Crippen LogP contribution in [0, 0.1) is 5.41 Å². The van der Waals surface area contributed by atoms with Gasteiger partial charge in [0.1, 0.15) is 0 Å². The van der Waals surface area contributed by atoms with Crippen LogP contribution in [-0.4, -0.2) is 84.7 Å². The molecule has 1 unspecified atom stereocenters. The zero-order valence-corrected chi connectivity index (χ0v) is 18.9. The number of likely N-dealkylation sites (N-methyl/N-ethyl adjacent to an activating group) is 1. The number of amides is 1. The van der Waals surface area contributed by atoms with Gasteiger partial charge in [-0.1, -0.05) is 13.8 Å². The first-order valence-electron chi connectivity index (χ1n) is 10.3. The number of carbonyl (C=O) groups excluding carboxylic acids is 1. The molecule has 164 valence electrons. The van der Waals surface area contributed by atoms with E-state index >= 15 is 0 Å². The number of rotatable bonds is 6. The molecule has 2 saturated heterocycles. The molecule has 3 rings (SSSR count). The maximum Gasteiger partial charge on any atom is 0.236 e. The highest BCUT2D eigenvalue weighted by atomic mass is 32.2. The molecule has 1 aromatic rings. The van der Waals surface area contributed by atoms with Gasteiger partial charge in [-0.3, -0.25) is 9.69 Å². The van der Waals surface area contributed by atoms with Gasteiger partial charge in [-0.2, -0.15) is 0 Å². The predicted octanol–water partition coefficient (Wildman–Crippen LogP) is 1.46. The van der Waals surface area contributed by atoms with E-state index in [-0.39, 0.29) is 35.6 Å². The Morgan fingerprint density at radius 1 is 1.28 bits per heavy atom. The average molecular weight is 428 g/mol. The summed E-state index contributed by atoms with van der Waals surface area (Å²) in [5, 5.41) is 8.45. The van der Waals surface area contributed by atoms with Crippen molar-refractivity contribution in [3.63, 3.8) is 0 Å². The van der Waals surface area contributed by atoms with E-state index in [9.17, 15) is 13.2 Å². The fourth-order valence-corrected chi connectivity index (χ4v) is 5.37. The highest BCUT2D eigenvalue weighted by Gasteiger charge is 2.49. The SMILES string of the molecule is CCS(=O)(=O)N1CCC2(CC1)CC(c1nnc(C(C)C)o1)N(CC(=O)N(C)C)C2. The van der Waals surface area contributed by atoms with E-state index in [4.69, 9.17) is 4.42 Å². The van der Waals surface area contributed by atoms with E-state index in [0.717, 1.165) is 25.8 Å². The number of sulfonamides is 1. The molecule has 9 nitrogen and oxygen atoms in total. The largest absolute Gasteiger partial charge is 0.423 e. The predicted molar refractivity (Wildman–Crippen MR) is 109 cm³/mol. The van der Waals surface area contributed by atoms with E-state index < -0.39 is 10.0 Å². The second-order valence-electron chi connectivity index (χ2n) is 8.85. The summed E-state index contributed by atoms with van der Waals surface area (Å²) < 4.78 is 32.0. The lowest BCUT2D eigenvalue weighted by atomic mass is 9.77. The molecule has 0 radical (unpaired) electrons. The van der Waals surface area contributed by atoms with Crippen molar-refractivity contribution in [1.29, 1.82) is 0 Å². The number of likely N-dealkylation sites (tertiary alicyclic amines) is 1. The molecule has 1 atom stereocenters. The Bertz CT molecular complexity index is 827. The van der Waals surface area contributed by atoms with Gasteiger partial charge in [0.05, 0.1) is 18.3 Å². The van der Waals surface area contributed by atoms with Gasteiger partial charge in [0, 0.05) is 39.6 Å². The molecule has 0 aromatic carbocycles. The number of hydrogen-bond acceptors (Lipinski definition) is 7. The van der Waals surface area contributed by atoms with Crippen molar-refractivity contribution >= 4 is 15.9 Å². The number of hydrogen-bond donors (Lipinski definition) is 0. The molecule has 1 amide bonds. The van der Waals surface area contributed by atoms with Crippen molar-refractivity contribution in [2.24, 2.45) is 5.41 Å². The summed E-state index contributed by atoms with van der Waals surface area (Å²) in [5.41, 5.74) is -0.0382. The zero-order chi connectivity index (χ0) is 21.4. The molecule has 0 bridgehead atoms. The molecule has 1 spiro atoms. The normalized spacial score (nSPS) is 23.2. The monoisotopic (exact) mass is 427 g/mol. The van der Waals surface area contributed by atoms with Gasteiger partial charge in [0.25, 0.3) is 0 Å². The Kier molecular flexibility index (Phi) is 6.35. The Labute approximate surface area is 173 Å². The Morgan fingerprint density at radius 2 is 1.93 bits per heavy atom. The molecular formula is C19H33N5O4S. The number of aromatic nitrogens is 2. The van der Waals surface area contributed by atoms with Crippen molar-refractivity contribution in [3.05, 3.63) is 11.8 Å². The molecule has 2 fully saturated rings. The number of carbonyl (C=O) groups is 1. The van der Waals surface area contributed by atoms with Crippen molar-refractivity contribution in [3.8, 4) is 0 Å². The van der Waals surface area contributed by atoms with Gasteiger partial charge in [-0.25, -0.2) is 12.7 Å². The van der Waals surface area contributed by atoms with Gasteiger partial charge in [0.15, 0.2) is 0 Å². The molecule has 2 aliphatic heterocycles. The third kappa shape index (κ3) is 4.64. The lowest BCUT2D eigenvalue weighted by Crippen LogP contribution is -2.45. The molecule has 10 heteroatoms. The van der Waals surface area contributed by atoms with Crippen LogP contribution >= 0.6 is 0 Å². The fraction of sp³-hybridized carbons (Fsp3) is 0.842. The Morgan fingerprint density at radius 3 is 2.45 bits per heavy atom. The topological polar surface area (TPSA) is 99.9 Å². The smallest absolute Gasteiger partial charge is 0.236 e. The first kappa shape index (κ1) is 22.2. The zero-order valence-electron chi connectivity index (χ0n) is 18.1. The molecule has 0 aliphatic carbocycles. The summed E-state index contributed by atoms with van der Waals surface area (Å²) in [7, 11) is 0.337. The summed E-state index contributed by atoms with van der Waals surface area (Å²) in [6, 6.07) is -0.117. The molecular weight excluding hydrogens is 394 g/mol. The highest BCUT2D eigenvalue weighted by Crippen LogP contribution is 2.49. The van der Waals surface area contributed by atoms with Gasteiger partial charge in [-0.05, 0) is 31.6 Å². The maximum absolute atomic E-state index is 12.4. The second kappa shape index (κ2) is 8.31. The van der Waals surface area contributed by atoms with Crippen LogP contribution in [-0.2, 0) is 14.8 Å². The van der Waals surface area contributed by atoms with Gasteiger partial charge < -0.3 is 9.32 Å². The summed E-state index contributed by atoms with van der Waals surface area (Å²) in [4.78, 5) is 16.1. The summed E-state index contributed by atoms with van der Waals surface area (Å²) >= 11 is 0.